The topological polar surface area (TPSA) is 149 Å². The molecular formula is C81H139NO8. The van der Waals surface area contributed by atoms with Gasteiger partial charge in [0.05, 0.1) is 25.4 Å². The molecule has 9 nitrogen and oxygen atoms in total. The number of amides is 1. The normalized spacial score (nSPS) is 18.6. The van der Waals surface area contributed by atoms with Crippen LogP contribution in [0.2, 0.25) is 0 Å². The minimum Gasteiger partial charge on any atom is -0.394 e. The summed E-state index contributed by atoms with van der Waals surface area (Å²) in [7, 11) is 0. The van der Waals surface area contributed by atoms with Crippen LogP contribution in [0.5, 0.6) is 0 Å². The van der Waals surface area contributed by atoms with Crippen LogP contribution in [-0.4, -0.2) is 87.5 Å². The van der Waals surface area contributed by atoms with Gasteiger partial charge in [0.25, 0.3) is 0 Å². The molecule has 9 heteroatoms. The number of rotatable bonds is 64. The highest BCUT2D eigenvalue weighted by Gasteiger charge is 2.44. The number of hydrogen-bond donors (Lipinski definition) is 6. The van der Waals surface area contributed by atoms with E-state index in [1.807, 2.05) is 6.08 Å². The molecule has 1 fully saturated rings. The average molecular weight is 1260 g/mol. The highest BCUT2D eigenvalue weighted by Crippen LogP contribution is 2.23. The Hall–Kier alpha value is -3.67. The van der Waals surface area contributed by atoms with Crippen molar-refractivity contribution in [1.29, 1.82) is 0 Å². The predicted molar refractivity (Wildman–Crippen MR) is 387 cm³/mol. The van der Waals surface area contributed by atoms with Gasteiger partial charge in [-0.3, -0.25) is 4.79 Å². The van der Waals surface area contributed by atoms with Crippen LogP contribution in [0.1, 0.15) is 316 Å². The summed E-state index contributed by atoms with van der Waals surface area (Å²) in [6.07, 6.45) is 97.1. The summed E-state index contributed by atoms with van der Waals surface area (Å²) in [5, 5.41) is 54.8. The van der Waals surface area contributed by atoms with E-state index in [2.05, 4.69) is 141 Å². The first-order chi connectivity index (χ1) is 44.3. The number of aliphatic hydroxyl groups excluding tert-OH is 5. The molecule has 6 N–H and O–H groups in total. The van der Waals surface area contributed by atoms with Gasteiger partial charge in [0, 0.05) is 6.42 Å². The van der Waals surface area contributed by atoms with E-state index in [1.165, 1.54) is 199 Å². The third-order valence-electron chi connectivity index (χ3n) is 16.9. The van der Waals surface area contributed by atoms with Crippen LogP contribution in [0.4, 0.5) is 0 Å². The van der Waals surface area contributed by atoms with E-state index in [9.17, 15) is 30.3 Å². The van der Waals surface area contributed by atoms with Gasteiger partial charge in [0.1, 0.15) is 24.4 Å². The third kappa shape index (κ3) is 55.9. The van der Waals surface area contributed by atoms with Crippen molar-refractivity contribution >= 4 is 5.91 Å². The summed E-state index contributed by atoms with van der Waals surface area (Å²) in [5.74, 6) is -0.192. The molecule has 516 valence electrons. The Morgan fingerprint density at radius 3 is 1.07 bits per heavy atom. The number of carbonyl (C=O) groups is 1. The van der Waals surface area contributed by atoms with E-state index in [1.54, 1.807) is 6.08 Å². The lowest BCUT2D eigenvalue weighted by Crippen LogP contribution is -2.60. The molecule has 1 amide bonds. The van der Waals surface area contributed by atoms with E-state index in [4.69, 9.17) is 9.47 Å². The Labute approximate surface area is 553 Å². The molecule has 0 aromatic heterocycles. The van der Waals surface area contributed by atoms with Crippen molar-refractivity contribution in [2.75, 3.05) is 13.2 Å². The van der Waals surface area contributed by atoms with Crippen molar-refractivity contribution in [3.8, 4) is 0 Å². The molecule has 7 atom stereocenters. The number of hydrogen-bond acceptors (Lipinski definition) is 8. The molecule has 0 aromatic rings. The van der Waals surface area contributed by atoms with E-state index in [0.29, 0.717) is 6.42 Å². The second-order valence-electron chi connectivity index (χ2n) is 25.3. The van der Waals surface area contributed by atoms with Gasteiger partial charge in [-0.05, 0) is 109 Å². The number of unbranched alkanes of at least 4 members (excludes halogenated alkanes) is 34. The van der Waals surface area contributed by atoms with Crippen LogP contribution in [0.15, 0.2) is 134 Å². The van der Waals surface area contributed by atoms with Crippen LogP contribution in [0.3, 0.4) is 0 Å². The molecule has 1 saturated heterocycles. The lowest BCUT2D eigenvalue weighted by atomic mass is 9.99. The minimum atomic E-state index is -1.58. The Morgan fingerprint density at radius 2 is 0.700 bits per heavy atom. The summed E-state index contributed by atoms with van der Waals surface area (Å²) >= 11 is 0. The molecule has 0 bridgehead atoms. The largest absolute Gasteiger partial charge is 0.394 e. The van der Waals surface area contributed by atoms with Crippen LogP contribution >= 0.6 is 0 Å². The molecule has 90 heavy (non-hydrogen) atoms. The number of carbonyl (C=O) groups excluding carboxylic acids is 1. The van der Waals surface area contributed by atoms with Gasteiger partial charge in [-0.25, -0.2) is 0 Å². The molecule has 0 radical (unpaired) electrons. The molecular weight excluding hydrogens is 1110 g/mol. The third-order valence-corrected chi connectivity index (χ3v) is 16.9. The number of nitrogens with one attached hydrogen (secondary N) is 1. The maximum absolute atomic E-state index is 13.1. The van der Waals surface area contributed by atoms with Crippen LogP contribution in [0, 0.1) is 0 Å². The van der Waals surface area contributed by atoms with Crippen molar-refractivity contribution in [1.82, 2.24) is 5.32 Å². The molecule has 1 heterocycles. The number of aliphatic hydroxyl groups is 5. The molecule has 1 aliphatic rings. The van der Waals surface area contributed by atoms with Crippen LogP contribution in [-0.2, 0) is 14.3 Å². The van der Waals surface area contributed by atoms with Crippen molar-refractivity contribution in [2.24, 2.45) is 0 Å². The van der Waals surface area contributed by atoms with E-state index in [-0.39, 0.29) is 12.5 Å². The Morgan fingerprint density at radius 1 is 0.389 bits per heavy atom. The first-order valence-corrected chi connectivity index (χ1v) is 37.4. The second kappa shape index (κ2) is 68.2. The SMILES string of the molecule is CC/C=C\C/C=C\C/C=C\C/C=C\C/C=C\C/C=C\C/C=C\C/C=C\CCCCCCCCCCCCCCCCCCC(=O)NC(COC1OC(CO)C(O)C(O)C1O)C(O)/C=C/CC/C=C/CC/C=C/CCCCCCCCCCCCCCCCCC. The first kappa shape index (κ1) is 84.3. The number of allylic oxidation sites excluding steroid dienone is 21. The van der Waals surface area contributed by atoms with E-state index in [0.717, 1.165) is 96.3 Å². The lowest BCUT2D eigenvalue weighted by Gasteiger charge is -2.40. The van der Waals surface area contributed by atoms with E-state index < -0.39 is 49.5 Å². The van der Waals surface area contributed by atoms with Gasteiger partial charge in [-0.1, -0.05) is 334 Å². The minimum absolute atomic E-state index is 0.192. The predicted octanol–water partition coefficient (Wildman–Crippen LogP) is 21.1. The highest BCUT2D eigenvalue weighted by molar-refractivity contribution is 5.76. The Bertz CT molecular complexity index is 1890. The summed E-state index contributed by atoms with van der Waals surface area (Å²) in [4.78, 5) is 13.1. The molecule has 7 unspecified atom stereocenters. The Kier molecular flexibility index (Phi) is 63.9. The fourth-order valence-electron chi connectivity index (χ4n) is 11.1. The van der Waals surface area contributed by atoms with Crippen molar-refractivity contribution in [2.45, 2.75) is 358 Å². The quantitative estimate of drug-likeness (QED) is 0.0261. The lowest BCUT2D eigenvalue weighted by molar-refractivity contribution is -0.302. The first-order valence-electron chi connectivity index (χ1n) is 37.4. The van der Waals surface area contributed by atoms with Gasteiger partial charge in [-0.2, -0.15) is 0 Å². The second-order valence-corrected chi connectivity index (χ2v) is 25.3. The van der Waals surface area contributed by atoms with Gasteiger partial charge >= 0.3 is 0 Å². The zero-order chi connectivity index (χ0) is 64.9. The van der Waals surface area contributed by atoms with Crippen molar-refractivity contribution in [3.05, 3.63) is 134 Å². The van der Waals surface area contributed by atoms with Gasteiger partial charge in [-0.15, -0.1) is 0 Å². The highest BCUT2D eigenvalue weighted by atomic mass is 16.7. The smallest absolute Gasteiger partial charge is 0.220 e. The van der Waals surface area contributed by atoms with Crippen molar-refractivity contribution in [3.63, 3.8) is 0 Å². The average Bonchev–Trinajstić information content (AvgIpc) is 1.28. The molecule has 1 aliphatic heterocycles. The number of ether oxygens (including phenoxy) is 2. The summed E-state index contributed by atoms with van der Waals surface area (Å²) in [6, 6.07) is -0.837. The summed E-state index contributed by atoms with van der Waals surface area (Å²) in [6.45, 7) is 3.67. The zero-order valence-corrected chi connectivity index (χ0v) is 57.9. The monoisotopic (exact) mass is 1250 g/mol. The molecule has 0 saturated carbocycles. The maximum Gasteiger partial charge on any atom is 0.220 e. The maximum atomic E-state index is 13.1. The van der Waals surface area contributed by atoms with Crippen molar-refractivity contribution < 1.29 is 39.8 Å². The Balaban J connectivity index is 2.13. The summed E-state index contributed by atoms with van der Waals surface area (Å²) < 4.78 is 11.3. The van der Waals surface area contributed by atoms with Crippen LogP contribution in [0.25, 0.3) is 0 Å². The fraction of sp³-hybridized carbons (Fsp3) is 0.716. The zero-order valence-electron chi connectivity index (χ0n) is 57.9. The van der Waals surface area contributed by atoms with Gasteiger partial charge < -0.3 is 40.3 Å². The molecule has 0 spiro atoms. The molecule has 0 aliphatic carbocycles. The fourth-order valence-corrected chi connectivity index (χ4v) is 11.1. The molecule has 0 aromatic carbocycles. The standard InChI is InChI=1S/C81H139NO8/c1-3-5-7-9-11-13-15-17-19-21-23-25-27-29-31-32-33-34-35-36-37-38-39-40-41-42-43-44-45-47-49-51-53-55-57-59-61-63-65-67-69-71-77(85)82-74(73-89-81-80(88)79(87)78(86)76(72-83)90-81)75(84)70-68-66-64-62-60-58-56-54-52-50-48-46-30-28-26-24-22-20-18-16-14-12-10-8-6-4-2/h5,7,11,13,17,19,23,25,29,31,33-34,36-37,39-40,52,54,60,62,68,70,74-76,78-81,83-84,86-88H,3-4,6,8-10,12,14-16,18,20-22,24,26-28,30,32,35,38,41-51,53,55-59,61,63-67,69,71-73H2,1-2H3,(H,82,85)/b7-5-,13-11-,19-17-,25-23-,31-29-,34-33-,37-36-,40-39-,54-52+,62-60+,70-68+. The van der Waals surface area contributed by atoms with Gasteiger partial charge in [0.15, 0.2) is 6.29 Å². The van der Waals surface area contributed by atoms with Crippen LogP contribution < -0.4 is 5.32 Å². The van der Waals surface area contributed by atoms with E-state index >= 15 is 0 Å². The summed E-state index contributed by atoms with van der Waals surface area (Å²) in [5.41, 5.74) is 0. The van der Waals surface area contributed by atoms with Gasteiger partial charge in [0.2, 0.25) is 5.91 Å². The molecule has 1 rings (SSSR count).